The van der Waals surface area contributed by atoms with E-state index < -0.39 is 5.97 Å². The zero-order chi connectivity index (χ0) is 13.1. The molecule has 3 atom stereocenters. The third-order valence-corrected chi connectivity index (χ3v) is 3.29. The first-order chi connectivity index (χ1) is 8.61. The Morgan fingerprint density at radius 3 is 2.72 bits per heavy atom. The van der Waals surface area contributed by atoms with Crippen LogP contribution in [0.1, 0.15) is 26.2 Å². The molecule has 0 spiro atoms. The van der Waals surface area contributed by atoms with Gasteiger partial charge in [0.2, 0.25) is 0 Å². The fourth-order valence-corrected chi connectivity index (χ4v) is 2.19. The van der Waals surface area contributed by atoms with E-state index in [9.17, 15) is 9.59 Å². The van der Waals surface area contributed by atoms with E-state index in [4.69, 9.17) is 14.2 Å². The van der Waals surface area contributed by atoms with Gasteiger partial charge in [-0.1, -0.05) is 6.58 Å². The number of ether oxygens (including phenoxy) is 3. The van der Waals surface area contributed by atoms with E-state index in [1.54, 1.807) is 6.92 Å². The van der Waals surface area contributed by atoms with Gasteiger partial charge in [-0.15, -0.1) is 0 Å². The van der Waals surface area contributed by atoms with Crippen molar-refractivity contribution in [2.24, 2.45) is 5.92 Å². The molecule has 1 saturated carbocycles. The van der Waals surface area contributed by atoms with Crippen molar-refractivity contribution in [3.05, 3.63) is 12.2 Å². The molecule has 5 heteroatoms. The smallest absolute Gasteiger partial charge is 0.336 e. The number of carbonyl (C=O) groups is 2. The van der Waals surface area contributed by atoms with Gasteiger partial charge in [0.05, 0.1) is 30.3 Å². The van der Waals surface area contributed by atoms with Crippen LogP contribution in [0.3, 0.4) is 0 Å². The largest absolute Gasteiger partial charge is 0.463 e. The number of fused-ring (bicyclic) bond motifs is 1. The number of epoxide rings is 1. The van der Waals surface area contributed by atoms with Crippen molar-refractivity contribution in [1.82, 2.24) is 0 Å². The van der Waals surface area contributed by atoms with Crippen molar-refractivity contribution in [2.75, 3.05) is 13.2 Å². The fourth-order valence-electron chi connectivity index (χ4n) is 2.19. The maximum Gasteiger partial charge on any atom is 0.336 e. The van der Waals surface area contributed by atoms with E-state index >= 15 is 0 Å². The molecule has 1 heterocycles. The van der Waals surface area contributed by atoms with Crippen LogP contribution in [0.4, 0.5) is 0 Å². The zero-order valence-corrected chi connectivity index (χ0v) is 10.5. The maximum absolute atomic E-state index is 11.8. The van der Waals surface area contributed by atoms with Gasteiger partial charge in [-0.05, 0) is 26.2 Å². The van der Waals surface area contributed by atoms with Crippen molar-refractivity contribution < 1.29 is 23.8 Å². The summed E-state index contributed by atoms with van der Waals surface area (Å²) in [4.78, 5) is 23.0. The molecule has 2 rings (SSSR count). The lowest BCUT2D eigenvalue weighted by atomic mass is 9.89. The summed E-state index contributed by atoms with van der Waals surface area (Å²) >= 11 is 0. The van der Waals surface area contributed by atoms with Crippen molar-refractivity contribution in [3.63, 3.8) is 0 Å². The van der Waals surface area contributed by atoms with Gasteiger partial charge >= 0.3 is 11.9 Å². The SMILES string of the molecule is C=C(COC(=O)C1CCC2OC2C1)C(=O)OCC. The Morgan fingerprint density at radius 2 is 2.06 bits per heavy atom. The molecule has 100 valence electrons. The maximum atomic E-state index is 11.8. The van der Waals surface area contributed by atoms with E-state index in [0.717, 1.165) is 19.3 Å². The van der Waals surface area contributed by atoms with Gasteiger partial charge in [-0.25, -0.2) is 4.79 Å². The minimum Gasteiger partial charge on any atom is -0.463 e. The van der Waals surface area contributed by atoms with Crippen molar-refractivity contribution in [1.29, 1.82) is 0 Å². The van der Waals surface area contributed by atoms with Crippen LogP contribution in [0.5, 0.6) is 0 Å². The molecule has 1 aliphatic carbocycles. The van der Waals surface area contributed by atoms with Crippen LogP contribution >= 0.6 is 0 Å². The van der Waals surface area contributed by atoms with Crippen LogP contribution in [0, 0.1) is 5.92 Å². The van der Waals surface area contributed by atoms with Gasteiger partial charge in [0.1, 0.15) is 6.61 Å². The van der Waals surface area contributed by atoms with Crippen LogP contribution in [0.2, 0.25) is 0 Å². The van der Waals surface area contributed by atoms with E-state index in [1.807, 2.05) is 0 Å². The molecule has 0 amide bonds. The predicted octanol–water partition coefficient (Wildman–Crippen LogP) is 1.22. The van der Waals surface area contributed by atoms with E-state index in [0.29, 0.717) is 6.10 Å². The Balaban J connectivity index is 1.70. The summed E-state index contributed by atoms with van der Waals surface area (Å²) in [6.07, 6.45) is 3.05. The minimum absolute atomic E-state index is 0.0941. The van der Waals surface area contributed by atoms with Gasteiger partial charge < -0.3 is 14.2 Å². The quantitative estimate of drug-likeness (QED) is 0.419. The highest BCUT2D eigenvalue weighted by atomic mass is 16.6. The van der Waals surface area contributed by atoms with Gasteiger partial charge in [-0.2, -0.15) is 0 Å². The fraction of sp³-hybridized carbons (Fsp3) is 0.692. The number of carbonyl (C=O) groups excluding carboxylic acids is 2. The van der Waals surface area contributed by atoms with Crippen LogP contribution in [-0.4, -0.2) is 37.4 Å². The Bertz CT molecular complexity index is 362. The standard InChI is InChI=1S/C13H18O5/c1-3-16-12(14)8(2)7-17-13(15)9-4-5-10-11(6-9)18-10/h9-11H,2-7H2,1H3. The molecular formula is C13H18O5. The molecule has 0 aromatic carbocycles. The molecule has 3 unspecified atom stereocenters. The highest BCUT2D eigenvalue weighted by molar-refractivity contribution is 5.88. The van der Waals surface area contributed by atoms with Gasteiger partial charge in [-0.3, -0.25) is 4.79 Å². The molecule has 1 aliphatic heterocycles. The zero-order valence-electron chi connectivity index (χ0n) is 10.5. The van der Waals surface area contributed by atoms with Gasteiger partial charge in [0.15, 0.2) is 0 Å². The predicted molar refractivity (Wildman–Crippen MR) is 62.7 cm³/mol. The minimum atomic E-state index is -0.514. The van der Waals surface area contributed by atoms with E-state index in [2.05, 4.69) is 6.58 Å². The second kappa shape index (κ2) is 5.52. The lowest BCUT2D eigenvalue weighted by Crippen LogP contribution is -2.25. The van der Waals surface area contributed by atoms with Crippen molar-refractivity contribution in [2.45, 2.75) is 38.4 Å². The average Bonchev–Trinajstić information content (AvgIpc) is 3.13. The lowest BCUT2D eigenvalue weighted by Gasteiger charge is -2.17. The third kappa shape index (κ3) is 3.10. The Labute approximate surface area is 106 Å². The third-order valence-electron chi connectivity index (χ3n) is 3.29. The lowest BCUT2D eigenvalue weighted by molar-refractivity contribution is -0.149. The number of rotatable bonds is 5. The molecule has 0 aromatic heterocycles. The molecule has 2 aliphatic rings. The van der Waals surface area contributed by atoms with Crippen LogP contribution in [-0.2, 0) is 23.8 Å². The first-order valence-corrected chi connectivity index (χ1v) is 6.28. The molecule has 0 radical (unpaired) electrons. The van der Waals surface area contributed by atoms with Gasteiger partial charge in [0.25, 0.3) is 0 Å². The average molecular weight is 254 g/mol. The van der Waals surface area contributed by atoms with Crippen LogP contribution in [0.15, 0.2) is 12.2 Å². The monoisotopic (exact) mass is 254 g/mol. The molecule has 0 bridgehead atoms. The van der Waals surface area contributed by atoms with Crippen molar-refractivity contribution >= 4 is 11.9 Å². The molecule has 2 fully saturated rings. The summed E-state index contributed by atoms with van der Waals surface area (Å²) in [5, 5.41) is 0. The number of hydrogen-bond donors (Lipinski definition) is 0. The molecule has 5 nitrogen and oxygen atoms in total. The summed E-state index contributed by atoms with van der Waals surface area (Å²) in [7, 11) is 0. The number of hydrogen-bond acceptors (Lipinski definition) is 5. The Hall–Kier alpha value is -1.36. The normalized spacial score (nSPS) is 29.1. The molecule has 0 N–H and O–H groups in total. The van der Waals surface area contributed by atoms with Crippen molar-refractivity contribution in [3.8, 4) is 0 Å². The highest BCUT2D eigenvalue weighted by Crippen LogP contribution is 2.39. The molecular weight excluding hydrogens is 236 g/mol. The summed E-state index contributed by atoms with van der Waals surface area (Å²) < 4.78 is 15.2. The van der Waals surface area contributed by atoms with Crippen LogP contribution < -0.4 is 0 Å². The first kappa shape index (κ1) is 13.1. The van der Waals surface area contributed by atoms with E-state index in [1.165, 1.54) is 0 Å². The van der Waals surface area contributed by atoms with Crippen LogP contribution in [0.25, 0.3) is 0 Å². The summed E-state index contributed by atoms with van der Waals surface area (Å²) in [5.41, 5.74) is 0.168. The van der Waals surface area contributed by atoms with E-state index in [-0.39, 0.29) is 36.8 Å². The molecule has 18 heavy (non-hydrogen) atoms. The number of esters is 2. The summed E-state index contributed by atoms with van der Waals surface area (Å²) in [5.74, 6) is -0.891. The first-order valence-electron chi connectivity index (χ1n) is 6.28. The summed E-state index contributed by atoms with van der Waals surface area (Å²) in [6, 6.07) is 0. The molecule has 0 aromatic rings. The molecule has 1 saturated heterocycles. The van der Waals surface area contributed by atoms with Gasteiger partial charge in [0, 0.05) is 0 Å². The Morgan fingerprint density at radius 1 is 1.28 bits per heavy atom. The Kier molecular flexibility index (Phi) is 4.01. The topological polar surface area (TPSA) is 65.1 Å². The highest BCUT2D eigenvalue weighted by Gasteiger charge is 2.46. The second-order valence-electron chi connectivity index (χ2n) is 4.65. The summed E-state index contributed by atoms with van der Waals surface area (Å²) in [6.45, 7) is 5.44. The second-order valence-corrected chi connectivity index (χ2v) is 4.65.